The number of hydrogen-bond donors (Lipinski definition) is 1. The molecule has 1 aliphatic heterocycles. The van der Waals surface area contributed by atoms with Crippen molar-refractivity contribution in [1.29, 1.82) is 0 Å². The molecule has 0 spiro atoms. The number of aliphatic imine (C=N–C) groups is 2. The van der Waals surface area contributed by atoms with Crippen LogP contribution in [-0.2, 0) is 0 Å². The van der Waals surface area contributed by atoms with E-state index in [0.717, 1.165) is 36.3 Å². The molecule has 3 nitrogen and oxygen atoms in total. The van der Waals surface area contributed by atoms with Gasteiger partial charge in [0, 0.05) is 37.3 Å². The normalized spacial score (nSPS) is 20.2. The molecule has 0 radical (unpaired) electrons. The van der Waals surface area contributed by atoms with Crippen LogP contribution in [0.1, 0.15) is 36.8 Å². The molecule has 1 aromatic carbocycles. The van der Waals surface area contributed by atoms with Gasteiger partial charge in [0.1, 0.15) is 0 Å². The van der Waals surface area contributed by atoms with Crippen molar-refractivity contribution >= 4 is 18.1 Å². The standard InChI is InChI=1S/C20H27N3/c1-16-8-9-20(17(2)12-16)23-13-18(3)19-14-21-10-6-4-5-7-11-22-15-19/h8-9,12-15,21H,3-7,10-11H2,1-2H3/b19-14+,22-15-,23-13-. The summed E-state index contributed by atoms with van der Waals surface area (Å²) in [5, 5.41) is 3.36. The van der Waals surface area contributed by atoms with Crippen molar-refractivity contribution in [2.24, 2.45) is 9.98 Å². The van der Waals surface area contributed by atoms with Crippen LogP contribution in [0, 0.1) is 13.8 Å². The second-order valence-electron chi connectivity index (χ2n) is 6.08. The van der Waals surface area contributed by atoms with E-state index in [1.54, 1.807) is 0 Å². The van der Waals surface area contributed by atoms with Crippen molar-refractivity contribution in [3.63, 3.8) is 0 Å². The first kappa shape index (κ1) is 17.2. The van der Waals surface area contributed by atoms with E-state index in [1.165, 1.54) is 30.4 Å². The van der Waals surface area contributed by atoms with Crippen LogP contribution in [0.3, 0.4) is 0 Å². The second-order valence-corrected chi connectivity index (χ2v) is 6.08. The minimum atomic E-state index is 0.875. The number of nitrogens with one attached hydrogen (secondary N) is 1. The fraction of sp³-hybridized carbons (Fsp3) is 0.400. The summed E-state index contributed by atoms with van der Waals surface area (Å²) >= 11 is 0. The lowest BCUT2D eigenvalue weighted by Crippen LogP contribution is -2.09. The van der Waals surface area contributed by atoms with E-state index in [9.17, 15) is 0 Å². The average molecular weight is 309 g/mol. The molecule has 0 aromatic heterocycles. The number of aryl methyl sites for hydroxylation is 2. The number of allylic oxidation sites excluding steroid dienone is 2. The highest BCUT2D eigenvalue weighted by Gasteiger charge is 2.01. The lowest BCUT2D eigenvalue weighted by molar-refractivity contribution is 0.632. The summed E-state index contributed by atoms with van der Waals surface area (Å²) in [6.07, 6.45) is 10.6. The van der Waals surface area contributed by atoms with E-state index in [1.807, 2.05) is 24.7 Å². The second kappa shape index (κ2) is 9.09. The molecule has 0 saturated carbocycles. The predicted molar refractivity (Wildman–Crippen MR) is 101 cm³/mol. The van der Waals surface area contributed by atoms with E-state index in [-0.39, 0.29) is 0 Å². The minimum absolute atomic E-state index is 0.875. The maximum Gasteiger partial charge on any atom is 0.0659 e. The third kappa shape index (κ3) is 5.85. The zero-order valence-corrected chi connectivity index (χ0v) is 14.3. The van der Waals surface area contributed by atoms with Crippen molar-refractivity contribution in [2.75, 3.05) is 13.1 Å². The van der Waals surface area contributed by atoms with Crippen molar-refractivity contribution in [2.45, 2.75) is 39.5 Å². The van der Waals surface area contributed by atoms with E-state index in [2.05, 4.69) is 47.9 Å². The van der Waals surface area contributed by atoms with Crippen LogP contribution in [0.25, 0.3) is 0 Å². The predicted octanol–water partition coefficient (Wildman–Crippen LogP) is 4.68. The van der Waals surface area contributed by atoms with Crippen molar-refractivity contribution in [1.82, 2.24) is 5.32 Å². The van der Waals surface area contributed by atoms with Crippen molar-refractivity contribution in [3.05, 3.63) is 53.3 Å². The van der Waals surface area contributed by atoms with Gasteiger partial charge in [-0.3, -0.25) is 9.98 Å². The molecular formula is C20H27N3. The van der Waals surface area contributed by atoms with E-state index >= 15 is 0 Å². The van der Waals surface area contributed by atoms with Gasteiger partial charge in [-0.1, -0.05) is 37.1 Å². The molecule has 1 N–H and O–H groups in total. The highest BCUT2D eigenvalue weighted by Crippen LogP contribution is 2.19. The molecular weight excluding hydrogens is 282 g/mol. The van der Waals surface area contributed by atoms with Gasteiger partial charge in [-0.2, -0.15) is 0 Å². The van der Waals surface area contributed by atoms with Gasteiger partial charge >= 0.3 is 0 Å². The summed E-state index contributed by atoms with van der Waals surface area (Å²) < 4.78 is 0. The Kier molecular flexibility index (Phi) is 6.79. The Labute approximate surface area is 139 Å². The first-order valence-electron chi connectivity index (χ1n) is 8.41. The number of hydrogen-bond acceptors (Lipinski definition) is 3. The Bertz CT molecular complexity index is 624. The molecule has 122 valence electrons. The summed E-state index contributed by atoms with van der Waals surface area (Å²) in [4.78, 5) is 9.09. The summed E-state index contributed by atoms with van der Waals surface area (Å²) in [6, 6.07) is 6.27. The van der Waals surface area contributed by atoms with Crippen LogP contribution in [-0.4, -0.2) is 25.5 Å². The van der Waals surface area contributed by atoms with Gasteiger partial charge in [0.25, 0.3) is 0 Å². The smallest absolute Gasteiger partial charge is 0.0659 e. The Morgan fingerprint density at radius 2 is 2.04 bits per heavy atom. The van der Waals surface area contributed by atoms with Gasteiger partial charge in [0.15, 0.2) is 0 Å². The van der Waals surface area contributed by atoms with Crippen LogP contribution < -0.4 is 5.32 Å². The first-order valence-corrected chi connectivity index (χ1v) is 8.41. The molecule has 23 heavy (non-hydrogen) atoms. The molecule has 2 rings (SSSR count). The summed E-state index contributed by atoms with van der Waals surface area (Å²) in [7, 11) is 0. The molecule has 0 bridgehead atoms. The van der Waals surface area contributed by atoms with E-state index in [4.69, 9.17) is 0 Å². The molecule has 1 aliphatic rings. The Balaban J connectivity index is 2.09. The maximum absolute atomic E-state index is 4.58. The Morgan fingerprint density at radius 1 is 1.22 bits per heavy atom. The SMILES string of the molecule is C=C(/C=N\c1ccc(C)cc1C)C1=C/NCCCCCC/N=C\1. The molecule has 0 saturated heterocycles. The topological polar surface area (TPSA) is 36.8 Å². The van der Waals surface area contributed by atoms with Gasteiger partial charge in [-0.15, -0.1) is 0 Å². The van der Waals surface area contributed by atoms with Crippen LogP contribution in [0.4, 0.5) is 5.69 Å². The molecule has 0 fully saturated rings. The maximum atomic E-state index is 4.58. The molecule has 0 amide bonds. The monoisotopic (exact) mass is 309 g/mol. The van der Waals surface area contributed by atoms with E-state index in [0.29, 0.717) is 0 Å². The van der Waals surface area contributed by atoms with Crippen molar-refractivity contribution in [3.8, 4) is 0 Å². The van der Waals surface area contributed by atoms with Gasteiger partial charge in [0.05, 0.1) is 5.69 Å². The fourth-order valence-electron chi connectivity index (χ4n) is 2.51. The molecule has 1 heterocycles. The molecule has 3 heteroatoms. The third-order valence-electron chi connectivity index (χ3n) is 3.93. The highest BCUT2D eigenvalue weighted by atomic mass is 14.8. The fourth-order valence-corrected chi connectivity index (χ4v) is 2.51. The van der Waals surface area contributed by atoms with Gasteiger partial charge in [0.2, 0.25) is 0 Å². The zero-order valence-electron chi connectivity index (χ0n) is 14.3. The largest absolute Gasteiger partial charge is 0.390 e. The number of rotatable bonds is 3. The van der Waals surface area contributed by atoms with Crippen molar-refractivity contribution < 1.29 is 0 Å². The summed E-state index contributed by atoms with van der Waals surface area (Å²) in [5.41, 5.74) is 5.29. The van der Waals surface area contributed by atoms with Gasteiger partial charge in [-0.25, -0.2) is 0 Å². The lowest BCUT2D eigenvalue weighted by atomic mass is 10.1. The number of benzene rings is 1. The zero-order chi connectivity index (χ0) is 16.5. The van der Waals surface area contributed by atoms with Gasteiger partial charge < -0.3 is 5.32 Å². The van der Waals surface area contributed by atoms with Crippen LogP contribution in [0.15, 0.2) is 52.1 Å². The Morgan fingerprint density at radius 3 is 2.87 bits per heavy atom. The molecule has 0 aliphatic carbocycles. The van der Waals surface area contributed by atoms with Gasteiger partial charge in [-0.05, 0) is 43.9 Å². The quantitative estimate of drug-likeness (QED) is 0.809. The van der Waals surface area contributed by atoms with Crippen LogP contribution in [0.2, 0.25) is 0 Å². The minimum Gasteiger partial charge on any atom is -0.390 e. The summed E-state index contributed by atoms with van der Waals surface area (Å²) in [5.74, 6) is 0. The number of nitrogens with zero attached hydrogens (tertiary/aromatic N) is 2. The Hall–Kier alpha value is -2.16. The lowest BCUT2D eigenvalue weighted by Gasteiger charge is -2.05. The van der Waals surface area contributed by atoms with E-state index < -0.39 is 0 Å². The third-order valence-corrected chi connectivity index (χ3v) is 3.93. The average Bonchev–Trinajstić information content (AvgIpc) is 2.59. The molecule has 0 atom stereocenters. The highest BCUT2D eigenvalue weighted by molar-refractivity contribution is 5.98. The first-order chi connectivity index (χ1) is 11.2. The molecule has 0 unspecified atom stereocenters. The van der Waals surface area contributed by atoms with Crippen LogP contribution >= 0.6 is 0 Å². The summed E-state index contributed by atoms with van der Waals surface area (Å²) in [6.45, 7) is 10.2. The molecule has 1 aromatic rings. The van der Waals surface area contributed by atoms with Crippen LogP contribution in [0.5, 0.6) is 0 Å².